The number of aliphatic hydroxyl groups is 2. The van der Waals surface area contributed by atoms with Gasteiger partial charge in [-0.05, 0) is 43.4 Å². The van der Waals surface area contributed by atoms with Crippen molar-refractivity contribution >= 4 is 0 Å². The van der Waals surface area contributed by atoms with Crippen molar-refractivity contribution < 1.29 is 14.9 Å². The first kappa shape index (κ1) is 12.9. The predicted octanol–water partition coefficient (Wildman–Crippen LogP) is 1.96. The van der Waals surface area contributed by atoms with Crippen LogP contribution in [0.25, 0.3) is 0 Å². The number of hydrogen-bond donors (Lipinski definition) is 2. The van der Waals surface area contributed by atoms with Crippen LogP contribution >= 0.6 is 0 Å². The van der Waals surface area contributed by atoms with E-state index in [-0.39, 0.29) is 5.92 Å². The van der Waals surface area contributed by atoms with Gasteiger partial charge in [-0.3, -0.25) is 0 Å². The molecule has 0 unspecified atom stereocenters. The lowest BCUT2D eigenvalue weighted by Gasteiger charge is -2.52. The van der Waals surface area contributed by atoms with Crippen molar-refractivity contribution in [1.29, 1.82) is 0 Å². The Kier molecular flexibility index (Phi) is 2.66. The fourth-order valence-corrected chi connectivity index (χ4v) is 4.97. The fourth-order valence-electron chi connectivity index (χ4n) is 4.97. The number of ether oxygens (including phenoxy) is 1. The highest BCUT2D eigenvalue weighted by atomic mass is 16.6. The number of hydrogen-bond acceptors (Lipinski definition) is 3. The summed E-state index contributed by atoms with van der Waals surface area (Å²) in [6, 6.07) is 0. The molecule has 7 atom stereocenters. The first-order valence-corrected chi connectivity index (χ1v) is 7.39. The molecule has 0 radical (unpaired) electrons. The Morgan fingerprint density at radius 1 is 1.22 bits per heavy atom. The smallest absolute Gasteiger partial charge is 0.1000 e. The molecule has 0 amide bonds. The Labute approximate surface area is 110 Å². The van der Waals surface area contributed by atoms with Crippen LogP contribution in [0.15, 0.2) is 0 Å². The van der Waals surface area contributed by atoms with Gasteiger partial charge in [-0.25, -0.2) is 0 Å². The van der Waals surface area contributed by atoms with Gasteiger partial charge in [-0.15, -0.1) is 0 Å². The maximum atomic E-state index is 10.9. The molecular formula is C15H26O3. The van der Waals surface area contributed by atoms with Crippen molar-refractivity contribution in [2.24, 2.45) is 23.7 Å². The SMILES string of the molecule is CC(C)[C@@]12C[C@@H](O)[C@@](C)(O1)[C@@H]1CC[C@@H](C)[C@H]1[C@@H]2O. The van der Waals surface area contributed by atoms with Gasteiger partial charge in [0.25, 0.3) is 0 Å². The molecule has 0 aromatic heterocycles. The number of fused-ring (bicyclic) bond motifs is 4. The molecule has 0 aromatic rings. The molecule has 2 saturated heterocycles. The minimum absolute atomic E-state index is 0.234. The van der Waals surface area contributed by atoms with Crippen molar-refractivity contribution in [3.8, 4) is 0 Å². The van der Waals surface area contributed by atoms with Gasteiger partial charge in [0, 0.05) is 6.42 Å². The number of aliphatic hydroxyl groups excluding tert-OH is 2. The molecule has 3 nitrogen and oxygen atoms in total. The maximum Gasteiger partial charge on any atom is 0.1000 e. The topological polar surface area (TPSA) is 49.7 Å². The minimum atomic E-state index is -0.534. The van der Waals surface area contributed by atoms with Crippen molar-refractivity contribution in [3.63, 3.8) is 0 Å². The van der Waals surface area contributed by atoms with Crippen molar-refractivity contribution in [3.05, 3.63) is 0 Å². The third kappa shape index (κ3) is 1.31. The Hall–Kier alpha value is -0.120. The van der Waals surface area contributed by atoms with Crippen LogP contribution in [0, 0.1) is 23.7 Å². The Bertz CT molecular complexity index is 356. The molecule has 2 heterocycles. The molecule has 0 spiro atoms. The molecule has 2 aliphatic heterocycles. The van der Waals surface area contributed by atoms with Crippen LogP contribution in [-0.4, -0.2) is 33.6 Å². The normalized spacial score (nSPS) is 59.2. The first-order valence-electron chi connectivity index (χ1n) is 7.39. The standard InChI is InChI=1S/C15H26O3/c1-8(2)15-7-11(16)14(4,18-15)10-6-5-9(3)12(10)13(15)17/h8-13,16-17H,5-7H2,1-4H3/t9-,10-,11-,12-,13+,14+,15-/m1/s1. The van der Waals surface area contributed by atoms with Gasteiger partial charge in [-0.2, -0.15) is 0 Å². The largest absolute Gasteiger partial charge is 0.390 e. The predicted molar refractivity (Wildman–Crippen MR) is 69.1 cm³/mol. The molecule has 2 bridgehead atoms. The third-order valence-electron chi connectivity index (χ3n) is 6.22. The molecule has 18 heavy (non-hydrogen) atoms. The fraction of sp³-hybridized carbons (Fsp3) is 1.00. The molecule has 3 rings (SSSR count). The highest BCUT2D eigenvalue weighted by Gasteiger charge is 2.69. The second-order valence-corrected chi connectivity index (χ2v) is 7.30. The van der Waals surface area contributed by atoms with E-state index in [1.165, 1.54) is 0 Å². The van der Waals surface area contributed by atoms with Crippen LogP contribution < -0.4 is 0 Å². The van der Waals surface area contributed by atoms with Crippen LogP contribution in [0.3, 0.4) is 0 Å². The zero-order valence-corrected chi connectivity index (χ0v) is 11.9. The van der Waals surface area contributed by atoms with Gasteiger partial charge < -0.3 is 14.9 Å². The highest BCUT2D eigenvalue weighted by Crippen LogP contribution is 2.61. The average Bonchev–Trinajstić information content (AvgIpc) is 2.77. The van der Waals surface area contributed by atoms with Crippen molar-refractivity contribution in [1.82, 2.24) is 0 Å². The van der Waals surface area contributed by atoms with E-state index in [0.29, 0.717) is 24.2 Å². The molecule has 0 aromatic carbocycles. The first-order chi connectivity index (χ1) is 8.33. The number of rotatable bonds is 1. The van der Waals surface area contributed by atoms with Crippen LogP contribution in [0.5, 0.6) is 0 Å². The summed E-state index contributed by atoms with van der Waals surface area (Å²) in [4.78, 5) is 0. The summed E-state index contributed by atoms with van der Waals surface area (Å²) in [5.74, 6) is 1.38. The van der Waals surface area contributed by atoms with Gasteiger partial charge in [0.05, 0.1) is 23.4 Å². The minimum Gasteiger partial charge on any atom is -0.390 e. The molecule has 1 saturated carbocycles. The zero-order valence-electron chi connectivity index (χ0n) is 11.9. The van der Waals surface area contributed by atoms with E-state index in [2.05, 4.69) is 27.7 Å². The Balaban J connectivity index is 2.07. The second kappa shape index (κ2) is 3.71. The van der Waals surface area contributed by atoms with E-state index in [1.807, 2.05) is 0 Å². The van der Waals surface area contributed by atoms with E-state index in [9.17, 15) is 10.2 Å². The van der Waals surface area contributed by atoms with E-state index >= 15 is 0 Å². The molecule has 104 valence electrons. The van der Waals surface area contributed by atoms with Gasteiger partial charge in [0.1, 0.15) is 0 Å². The van der Waals surface area contributed by atoms with E-state index in [4.69, 9.17) is 4.74 Å². The highest BCUT2D eigenvalue weighted by molar-refractivity contribution is 5.17. The maximum absolute atomic E-state index is 10.9. The van der Waals surface area contributed by atoms with Gasteiger partial charge >= 0.3 is 0 Å². The summed E-state index contributed by atoms with van der Waals surface area (Å²) in [5, 5.41) is 21.3. The van der Waals surface area contributed by atoms with Crippen LogP contribution in [-0.2, 0) is 4.74 Å². The molecule has 3 heteroatoms. The molecule has 2 N–H and O–H groups in total. The summed E-state index contributed by atoms with van der Waals surface area (Å²) in [5.41, 5.74) is -0.979. The summed E-state index contributed by atoms with van der Waals surface area (Å²) in [7, 11) is 0. The van der Waals surface area contributed by atoms with E-state index < -0.39 is 23.4 Å². The zero-order chi connectivity index (χ0) is 13.3. The van der Waals surface area contributed by atoms with E-state index in [1.54, 1.807) is 0 Å². The molecule has 1 aliphatic carbocycles. The van der Waals surface area contributed by atoms with E-state index in [0.717, 1.165) is 12.8 Å². The van der Waals surface area contributed by atoms with Gasteiger partial charge in [0.15, 0.2) is 0 Å². The van der Waals surface area contributed by atoms with Crippen molar-refractivity contribution in [2.45, 2.75) is 70.4 Å². The summed E-state index contributed by atoms with van der Waals surface area (Å²) in [6.07, 6.45) is 1.94. The van der Waals surface area contributed by atoms with Crippen LogP contribution in [0.1, 0.15) is 47.0 Å². The monoisotopic (exact) mass is 254 g/mol. The summed E-state index contributed by atoms with van der Waals surface area (Å²) < 4.78 is 6.32. The lowest BCUT2D eigenvalue weighted by atomic mass is 9.69. The average molecular weight is 254 g/mol. The quantitative estimate of drug-likeness (QED) is 0.752. The molecule has 3 fully saturated rings. The summed E-state index contributed by atoms with van der Waals surface area (Å²) >= 11 is 0. The Morgan fingerprint density at radius 2 is 1.89 bits per heavy atom. The lowest BCUT2D eigenvalue weighted by molar-refractivity contribution is -0.258. The van der Waals surface area contributed by atoms with Crippen LogP contribution in [0.4, 0.5) is 0 Å². The van der Waals surface area contributed by atoms with Gasteiger partial charge in [-0.1, -0.05) is 20.8 Å². The van der Waals surface area contributed by atoms with Gasteiger partial charge in [0.2, 0.25) is 0 Å². The Morgan fingerprint density at radius 3 is 2.50 bits per heavy atom. The second-order valence-electron chi connectivity index (χ2n) is 7.30. The van der Waals surface area contributed by atoms with Crippen molar-refractivity contribution in [2.75, 3.05) is 0 Å². The molecule has 3 aliphatic rings. The molecular weight excluding hydrogens is 228 g/mol. The van der Waals surface area contributed by atoms with Crippen LogP contribution in [0.2, 0.25) is 0 Å². The lowest BCUT2D eigenvalue weighted by Crippen LogP contribution is -2.61. The summed E-state index contributed by atoms with van der Waals surface area (Å²) in [6.45, 7) is 8.50. The third-order valence-corrected chi connectivity index (χ3v) is 6.22.